The van der Waals surface area contributed by atoms with Gasteiger partial charge in [-0.05, 0) is 25.3 Å². The molecule has 0 aliphatic rings. The van der Waals surface area contributed by atoms with Gasteiger partial charge in [0.05, 0.1) is 6.26 Å². The summed E-state index contributed by atoms with van der Waals surface area (Å²) in [6.07, 6.45) is 37.5. The second-order valence-electron chi connectivity index (χ2n) is 11.7. The van der Waals surface area contributed by atoms with Gasteiger partial charge in [-0.2, -0.15) is 0 Å². The zero-order valence-electron chi connectivity index (χ0n) is 26.4. The van der Waals surface area contributed by atoms with E-state index < -0.39 is 6.10 Å². The maximum Gasteiger partial charge on any atom is 0.305 e. The molecular weight excluding hydrogens is 484 g/mol. The number of aliphatic hydroxyl groups excluding tert-OH is 1. The van der Waals surface area contributed by atoms with Gasteiger partial charge in [0.1, 0.15) is 19.3 Å². The smallest absolute Gasteiger partial charge is 0.305 e. The van der Waals surface area contributed by atoms with Gasteiger partial charge >= 0.3 is 5.97 Å². The van der Waals surface area contributed by atoms with Crippen molar-refractivity contribution in [3.63, 3.8) is 0 Å². The lowest BCUT2D eigenvalue weighted by molar-refractivity contribution is -0.147. The summed E-state index contributed by atoms with van der Waals surface area (Å²) in [4.78, 5) is 11.9. The number of esters is 1. The molecule has 0 aromatic carbocycles. The van der Waals surface area contributed by atoms with Crippen LogP contribution >= 0.6 is 0 Å². The maximum absolute atomic E-state index is 11.9. The van der Waals surface area contributed by atoms with Crippen molar-refractivity contribution in [2.75, 3.05) is 13.2 Å². The van der Waals surface area contributed by atoms with Crippen molar-refractivity contribution in [1.29, 1.82) is 0 Å². The fourth-order valence-corrected chi connectivity index (χ4v) is 5.00. The van der Waals surface area contributed by atoms with Crippen molar-refractivity contribution >= 4 is 5.97 Å². The van der Waals surface area contributed by atoms with Gasteiger partial charge in [0.15, 0.2) is 0 Å². The number of ether oxygens (including phenoxy) is 2. The maximum atomic E-state index is 11.9. The quantitative estimate of drug-likeness (QED) is 0.0512. The summed E-state index contributed by atoms with van der Waals surface area (Å²) in [5.41, 5.74) is 0. The van der Waals surface area contributed by atoms with Crippen molar-refractivity contribution in [1.82, 2.24) is 0 Å². The van der Waals surface area contributed by atoms with Gasteiger partial charge in [0, 0.05) is 6.42 Å². The molecule has 0 radical (unpaired) electrons. The molecule has 0 bridgehead atoms. The number of allylic oxidation sites excluding steroid dienone is 1. The van der Waals surface area contributed by atoms with Crippen LogP contribution in [0.25, 0.3) is 0 Å². The van der Waals surface area contributed by atoms with E-state index in [9.17, 15) is 9.90 Å². The van der Waals surface area contributed by atoms with Gasteiger partial charge in [-0.1, -0.05) is 162 Å². The Morgan fingerprint density at radius 2 is 0.949 bits per heavy atom. The molecule has 0 rings (SSSR count). The summed E-state index contributed by atoms with van der Waals surface area (Å²) in [5, 5.41) is 9.96. The van der Waals surface area contributed by atoms with Crippen LogP contribution in [-0.2, 0) is 14.3 Å². The van der Waals surface area contributed by atoms with E-state index in [-0.39, 0.29) is 19.2 Å². The molecule has 0 amide bonds. The minimum Gasteiger partial charge on any atom is -0.499 e. The Morgan fingerprint density at radius 1 is 0.564 bits per heavy atom. The molecular formula is C35H68O4. The summed E-state index contributed by atoms with van der Waals surface area (Å²) in [5.74, 6) is -0.209. The van der Waals surface area contributed by atoms with Gasteiger partial charge in [-0.15, -0.1) is 0 Å². The van der Waals surface area contributed by atoms with Crippen LogP contribution in [0.15, 0.2) is 12.3 Å². The first-order chi connectivity index (χ1) is 19.2. The number of unbranched alkanes of at least 4 members (excludes halogenated alkanes) is 24. The lowest BCUT2D eigenvalue weighted by atomic mass is 10.0. The molecule has 0 unspecified atom stereocenters. The predicted molar refractivity (Wildman–Crippen MR) is 168 cm³/mol. The molecule has 4 heteroatoms. The summed E-state index contributed by atoms with van der Waals surface area (Å²) < 4.78 is 10.6. The number of rotatable bonds is 32. The van der Waals surface area contributed by atoms with Gasteiger partial charge in [-0.25, -0.2) is 0 Å². The Morgan fingerprint density at radius 3 is 1.38 bits per heavy atom. The monoisotopic (exact) mass is 553 g/mol. The van der Waals surface area contributed by atoms with Gasteiger partial charge in [0.2, 0.25) is 0 Å². The number of carbonyl (C=O) groups excluding carboxylic acids is 1. The molecule has 0 saturated heterocycles. The molecule has 0 heterocycles. The van der Waals surface area contributed by atoms with Crippen LogP contribution in [0.5, 0.6) is 0 Å². The highest BCUT2D eigenvalue weighted by molar-refractivity contribution is 5.69. The Labute approximate surface area is 244 Å². The van der Waals surface area contributed by atoms with Gasteiger partial charge in [-0.3, -0.25) is 4.79 Å². The minimum atomic E-state index is -0.767. The minimum absolute atomic E-state index is 0.0177. The molecule has 39 heavy (non-hydrogen) atoms. The molecule has 0 aliphatic carbocycles. The number of hydrogen-bond donors (Lipinski definition) is 1. The van der Waals surface area contributed by atoms with Crippen LogP contribution in [0.1, 0.15) is 187 Å². The zero-order chi connectivity index (χ0) is 28.5. The van der Waals surface area contributed by atoms with E-state index in [0.717, 1.165) is 19.3 Å². The largest absolute Gasteiger partial charge is 0.499 e. The average Bonchev–Trinajstić information content (AvgIpc) is 2.94. The lowest BCUT2D eigenvalue weighted by Gasteiger charge is -2.11. The number of hydrogen-bond acceptors (Lipinski definition) is 4. The van der Waals surface area contributed by atoms with E-state index in [4.69, 9.17) is 9.47 Å². The summed E-state index contributed by atoms with van der Waals surface area (Å²) in [6.45, 7) is 4.73. The zero-order valence-corrected chi connectivity index (χ0v) is 26.4. The van der Waals surface area contributed by atoms with Gasteiger partial charge < -0.3 is 14.6 Å². The highest BCUT2D eigenvalue weighted by atomic mass is 16.5. The van der Waals surface area contributed by atoms with E-state index in [1.807, 2.05) is 6.08 Å². The normalized spacial score (nSPS) is 12.3. The third kappa shape index (κ3) is 33.1. The second-order valence-corrected chi connectivity index (χ2v) is 11.7. The molecule has 0 aromatic rings. The van der Waals surface area contributed by atoms with Crippen LogP contribution in [0, 0.1) is 0 Å². The molecule has 1 N–H and O–H groups in total. The Bertz CT molecular complexity index is 505. The Kier molecular flexibility index (Phi) is 32.3. The van der Waals surface area contributed by atoms with Crippen LogP contribution in [-0.4, -0.2) is 30.4 Å². The third-order valence-electron chi connectivity index (χ3n) is 7.63. The first-order valence-corrected chi connectivity index (χ1v) is 17.3. The SMILES string of the molecule is CCCCCCCCCCCCCC/C=C\OC[C@@H](O)COC(=O)CCCCCCCCCCCCCCC. The number of aliphatic hydroxyl groups is 1. The van der Waals surface area contributed by atoms with Crippen LogP contribution in [0.2, 0.25) is 0 Å². The third-order valence-corrected chi connectivity index (χ3v) is 7.63. The molecule has 4 nitrogen and oxygen atoms in total. The molecule has 0 spiro atoms. The second kappa shape index (κ2) is 33.2. The Balaban J connectivity index is 3.33. The molecule has 0 aliphatic heterocycles. The highest BCUT2D eigenvalue weighted by Gasteiger charge is 2.09. The standard InChI is InChI=1S/C35H68O4/c1-3-5-7-9-11-13-15-17-19-21-23-25-27-29-31-38-32-34(36)33-39-35(37)30-28-26-24-22-20-18-16-14-12-10-8-6-4-2/h29,31,34,36H,3-28,30,32-33H2,1-2H3/b31-29-/t34-/m1/s1. The van der Waals surface area contributed by atoms with Crippen molar-refractivity contribution in [2.45, 2.75) is 193 Å². The van der Waals surface area contributed by atoms with E-state index in [2.05, 4.69) is 13.8 Å². The van der Waals surface area contributed by atoms with Crippen LogP contribution in [0.4, 0.5) is 0 Å². The lowest BCUT2D eigenvalue weighted by Crippen LogP contribution is -2.22. The Hall–Kier alpha value is -1.03. The molecule has 232 valence electrons. The first-order valence-electron chi connectivity index (χ1n) is 17.3. The summed E-state index contributed by atoms with van der Waals surface area (Å²) in [7, 11) is 0. The number of carbonyl (C=O) groups is 1. The predicted octanol–water partition coefficient (Wildman–Crippen LogP) is 11.0. The molecule has 0 aromatic heterocycles. The van der Waals surface area contributed by atoms with Crippen molar-refractivity contribution in [2.24, 2.45) is 0 Å². The van der Waals surface area contributed by atoms with Crippen molar-refractivity contribution in [3.8, 4) is 0 Å². The molecule has 0 saturated carbocycles. The van der Waals surface area contributed by atoms with Crippen LogP contribution in [0.3, 0.4) is 0 Å². The van der Waals surface area contributed by atoms with E-state index in [1.54, 1.807) is 6.26 Å². The summed E-state index contributed by atoms with van der Waals surface area (Å²) >= 11 is 0. The van der Waals surface area contributed by atoms with Crippen LogP contribution < -0.4 is 0 Å². The fourth-order valence-electron chi connectivity index (χ4n) is 5.00. The first kappa shape index (κ1) is 38.0. The van der Waals surface area contributed by atoms with E-state index >= 15 is 0 Å². The molecule has 1 atom stereocenters. The topological polar surface area (TPSA) is 55.8 Å². The molecule has 0 fully saturated rings. The average molecular weight is 553 g/mol. The fraction of sp³-hybridized carbons (Fsp3) is 0.914. The van der Waals surface area contributed by atoms with E-state index in [0.29, 0.717) is 6.42 Å². The van der Waals surface area contributed by atoms with Crippen molar-refractivity contribution < 1.29 is 19.4 Å². The highest BCUT2D eigenvalue weighted by Crippen LogP contribution is 2.14. The summed E-state index contributed by atoms with van der Waals surface area (Å²) in [6, 6.07) is 0. The van der Waals surface area contributed by atoms with E-state index in [1.165, 1.54) is 148 Å². The van der Waals surface area contributed by atoms with Crippen molar-refractivity contribution in [3.05, 3.63) is 12.3 Å². The van der Waals surface area contributed by atoms with Gasteiger partial charge in [0.25, 0.3) is 0 Å².